The van der Waals surface area contributed by atoms with Crippen LogP contribution in [0, 0.1) is 0 Å². The number of amides is 1. The molecule has 1 fully saturated rings. The average molecular weight is 396 g/mol. The van der Waals surface area contributed by atoms with Crippen molar-refractivity contribution in [2.75, 3.05) is 50.1 Å². The van der Waals surface area contributed by atoms with Gasteiger partial charge in [-0.15, -0.1) is 0 Å². The van der Waals surface area contributed by atoms with Crippen LogP contribution < -0.4 is 10.2 Å². The Morgan fingerprint density at radius 3 is 2.21 bits per heavy atom. The topological polar surface area (TPSA) is 61.9 Å². The molecule has 1 aliphatic rings. The van der Waals surface area contributed by atoms with Crippen molar-refractivity contribution in [2.45, 2.75) is 20.3 Å². The molecule has 2 aromatic carbocycles. The van der Waals surface area contributed by atoms with E-state index in [1.807, 2.05) is 30.3 Å². The van der Waals surface area contributed by atoms with E-state index in [2.05, 4.69) is 29.0 Å². The Morgan fingerprint density at radius 2 is 1.62 bits per heavy atom. The number of carbonyl (C=O) groups is 2. The van der Waals surface area contributed by atoms with Crippen molar-refractivity contribution >= 4 is 23.3 Å². The fraction of sp³-hybridized carbons (Fsp3) is 0.391. The monoisotopic (exact) mass is 395 g/mol. The Morgan fingerprint density at radius 1 is 0.966 bits per heavy atom. The summed E-state index contributed by atoms with van der Waals surface area (Å²) in [5.74, 6) is -0.613. The first kappa shape index (κ1) is 20.9. The van der Waals surface area contributed by atoms with Crippen LogP contribution in [0.25, 0.3) is 0 Å². The number of rotatable bonds is 6. The maximum absolute atomic E-state index is 12.8. The molecule has 1 amide bonds. The molecular weight excluding hydrogens is 366 g/mol. The Bertz CT molecular complexity index is 856. The molecule has 6 heteroatoms. The highest BCUT2D eigenvalue weighted by molar-refractivity contribution is 6.06. The molecule has 0 bridgehead atoms. The van der Waals surface area contributed by atoms with E-state index < -0.39 is 5.97 Å². The summed E-state index contributed by atoms with van der Waals surface area (Å²) in [4.78, 5) is 29.5. The van der Waals surface area contributed by atoms with E-state index in [0.717, 1.165) is 44.8 Å². The summed E-state index contributed by atoms with van der Waals surface area (Å²) in [5, 5.41) is 3.00. The number of ether oxygens (including phenoxy) is 1. The van der Waals surface area contributed by atoms with Crippen LogP contribution in [0.2, 0.25) is 0 Å². The van der Waals surface area contributed by atoms with Crippen molar-refractivity contribution in [1.29, 1.82) is 0 Å². The molecule has 1 saturated heterocycles. The number of carbonyl (C=O) groups excluding carboxylic acids is 2. The van der Waals surface area contributed by atoms with Crippen molar-refractivity contribution < 1.29 is 14.3 Å². The second-order valence-electron chi connectivity index (χ2n) is 7.15. The van der Waals surface area contributed by atoms with Gasteiger partial charge in [0.25, 0.3) is 5.91 Å². The SMILES string of the molecule is CCc1ccc(C(=O)Nc2cc(C(=O)OC)ccc2N2CCN(CC)CC2)cc1. The molecule has 3 rings (SSSR count). The average Bonchev–Trinajstić information content (AvgIpc) is 2.78. The zero-order valence-electron chi connectivity index (χ0n) is 17.4. The van der Waals surface area contributed by atoms with E-state index in [0.29, 0.717) is 16.8 Å². The summed E-state index contributed by atoms with van der Waals surface area (Å²) in [6, 6.07) is 12.9. The third kappa shape index (κ3) is 4.95. The van der Waals surface area contributed by atoms with Gasteiger partial charge in [-0.2, -0.15) is 0 Å². The van der Waals surface area contributed by atoms with Crippen molar-refractivity contribution in [3.05, 3.63) is 59.2 Å². The summed E-state index contributed by atoms with van der Waals surface area (Å²) in [6.07, 6.45) is 0.928. The molecule has 0 aromatic heterocycles. The van der Waals surface area contributed by atoms with Crippen LogP contribution in [0.4, 0.5) is 11.4 Å². The summed E-state index contributed by atoms with van der Waals surface area (Å²) in [7, 11) is 1.35. The van der Waals surface area contributed by atoms with Gasteiger partial charge in [-0.05, 0) is 48.9 Å². The molecule has 0 atom stereocenters. The molecule has 154 valence electrons. The number of benzene rings is 2. The van der Waals surface area contributed by atoms with Gasteiger partial charge in [-0.25, -0.2) is 4.79 Å². The highest BCUT2D eigenvalue weighted by Crippen LogP contribution is 2.29. The molecule has 0 saturated carbocycles. The smallest absolute Gasteiger partial charge is 0.337 e. The molecule has 0 spiro atoms. The number of anilines is 2. The van der Waals surface area contributed by atoms with E-state index in [-0.39, 0.29) is 5.91 Å². The molecule has 6 nitrogen and oxygen atoms in total. The zero-order valence-corrected chi connectivity index (χ0v) is 17.4. The van der Waals surface area contributed by atoms with Gasteiger partial charge in [0.15, 0.2) is 0 Å². The quantitative estimate of drug-likeness (QED) is 0.760. The van der Waals surface area contributed by atoms with Crippen LogP contribution in [-0.4, -0.2) is 56.6 Å². The van der Waals surface area contributed by atoms with Gasteiger partial charge in [-0.1, -0.05) is 26.0 Å². The summed E-state index contributed by atoms with van der Waals surface area (Å²) >= 11 is 0. The molecular formula is C23H29N3O3. The van der Waals surface area contributed by atoms with Crippen molar-refractivity contribution in [3.63, 3.8) is 0 Å². The van der Waals surface area contributed by atoms with Gasteiger partial charge in [0, 0.05) is 31.7 Å². The number of esters is 1. The fourth-order valence-corrected chi connectivity index (χ4v) is 3.55. The summed E-state index contributed by atoms with van der Waals surface area (Å²) in [5.41, 5.74) is 3.74. The third-order valence-corrected chi connectivity index (χ3v) is 5.45. The van der Waals surface area contributed by atoms with E-state index >= 15 is 0 Å². The molecule has 1 N–H and O–H groups in total. The standard InChI is InChI=1S/C23H29N3O3/c1-4-17-6-8-18(9-7-17)22(27)24-20-16-19(23(28)29-3)10-11-21(20)26-14-12-25(5-2)13-15-26/h6-11,16H,4-5,12-15H2,1-3H3,(H,24,27). The maximum Gasteiger partial charge on any atom is 0.337 e. The Kier molecular flexibility index (Phi) is 6.88. The first-order valence-electron chi connectivity index (χ1n) is 10.2. The second-order valence-corrected chi connectivity index (χ2v) is 7.15. The van der Waals surface area contributed by atoms with Crippen LogP contribution >= 0.6 is 0 Å². The summed E-state index contributed by atoms with van der Waals surface area (Å²) < 4.78 is 4.85. The number of nitrogens with one attached hydrogen (secondary N) is 1. The molecule has 0 unspecified atom stereocenters. The highest BCUT2D eigenvalue weighted by Gasteiger charge is 2.21. The molecule has 1 heterocycles. The molecule has 2 aromatic rings. The normalized spacial score (nSPS) is 14.5. The van der Waals surface area contributed by atoms with E-state index in [1.165, 1.54) is 12.7 Å². The predicted octanol–water partition coefficient (Wildman–Crippen LogP) is 3.43. The van der Waals surface area contributed by atoms with Crippen LogP contribution in [0.1, 0.15) is 40.1 Å². The number of likely N-dealkylation sites (N-methyl/N-ethyl adjacent to an activating group) is 1. The van der Waals surface area contributed by atoms with Gasteiger partial charge >= 0.3 is 5.97 Å². The molecule has 0 aliphatic carbocycles. The van der Waals surface area contributed by atoms with Gasteiger partial charge in [-0.3, -0.25) is 4.79 Å². The van der Waals surface area contributed by atoms with Gasteiger partial charge < -0.3 is 19.9 Å². The first-order chi connectivity index (χ1) is 14.0. The maximum atomic E-state index is 12.8. The highest BCUT2D eigenvalue weighted by atomic mass is 16.5. The minimum atomic E-state index is -0.421. The van der Waals surface area contributed by atoms with Crippen LogP contribution in [0.5, 0.6) is 0 Å². The predicted molar refractivity (Wildman–Crippen MR) is 116 cm³/mol. The van der Waals surface area contributed by atoms with Gasteiger partial charge in [0.1, 0.15) is 0 Å². The van der Waals surface area contributed by atoms with Crippen LogP contribution in [0.15, 0.2) is 42.5 Å². The van der Waals surface area contributed by atoms with Crippen molar-refractivity contribution in [3.8, 4) is 0 Å². The lowest BCUT2D eigenvalue weighted by molar-refractivity contribution is 0.0600. The minimum Gasteiger partial charge on any atom is -0.465 e. The van der Waals surface area contributed by atoms with E-state index in [9.17, 15) is 9.59 Å². The Hall–Kier alpha value is -2.86. The van der Waals surface area contributed by atoms with E-state index in [4.69, 9.17) is 4.74 Å². The fourth-order valence-electron chi connectivity index (χ4n) is 3.55. The number of nitrogens with zero attached hydrogens (tertiary/aromatic N) is 2. The third-order valence-electron chi connectivity index (χ3n) is 5.45. The first-order valence-corrected chi connectivity index (χ1v) is 10.2. The van der Waals surface area contributed by atoms with Gasteiger partial charge in [0.2, 0.25) is 0 Å². The van der Waals surface area contributed by atoms with Crippen molar-refractivity contribution in [2.24, 2.45) is 0 Å². The van der Waals surface area contributed by atoms with Crippen LogP contribution in [0.3, 0.4) is 0 Å². The van der Waals surface area contributed by atoms with Crippen LogP contribution in [-0.2, 0) is 11.2 Å². The van der Waals surface area contributed by atoms with Crippen molar-refractivity contribution in [1.82, 2.24) is 4.90 Å². The number of hydrogen-bond donors (Lipinski definition) is 1. The zero-order chi connectivity index (χ0) is 20.8. The minimum absolute atomic E-state index is 0.192. The molecule has 29 heavy (non-hydrogen) atoms. The number of piperazine rings is 1. The molecule has 1 aliphatic heterocycles. The largest absolute Gasteiger partial charge is 0.465 e. The number of aryl methyl sites for hydroxylation is 1. The van der Waals surface area contributed by atoms with Gasteiger partial charge in [0.05, 0.1) is 24.0 Å². The lowest BCUT2D eigenvalue weighted by Crippen LogP contribution is -2.46. The van der Waals surface area contributed by atoms with E-state index in [1.54, 1.807) is 12.1 Å². The Balaban J connectivity index is 1.86. The lowest BCUT2D eigenvalue weighted by Gasteiger charge is -2.36. The second kappa shape index (κ2) is 9.56. The Labute approximate surface area is 172 Å². The number of methoxy groups -OCH3 is 1. The summed E-state index contributed by atoms with van der Waals surface area (Å²) in [6.45, 7) is 8.97. The molecule has 0 radical (unpaired) electrons. The lowest BCUT2D eigenvalue weighted by atomic mass is 10.1. The number of hydrogen-bond acceptors (Lipinski definition) is 5.